The molecule has 3 rings (SSSR count). The van der Waals surface area contributed by atoms with Crippen LogP contribution in [-0.2, 0) is 16.4 Å². The fourth-order valence-electron chi connectivity index (χ4n) is 3.70. The van der Waals surface area contributed by atoms with Gasteiger partial charge in [-0.2, -0.15) is 0 Å². The van der Waals surface area contributed by atoms with Crippen molar-refractivity contribution in [2.75, 3.05) is 42.9 Å². The second-order valence-electron chi connectivity index (χ2n) is 7.68. The Morgan fingerprint density at radius 3 is 2.39 bits per heavy atom. The number of unbranched alkanes of at least 4 members (excludes halogenated alkanes) is 3. The average molecular weight is 468 g/mol. The topological polar surface area (TPSA) is 70.7 Å². The van der Waals surface area contributed by atoms with Gasteiger partial charge in [0, 0.05) is 31.9 Å². The fraction of sp³-hybridized carbons (Fsp3) is 0.478. The molecule has 2 aromatic carbocycles. The molecule has 8 heteroatoms. The first-order valence-electron chi connectivity index (χ1n) is 10.8. The standard InChI is InChI=1S/C23H33N3O3S.ClH/c1-3-4-5-6-7-19-8-10-20(11-9-19)25-30(27,28)21-12-13-23(29-2)22(18-21)26-16-14-24-15-17-26;/h8-13,18,24-25H,3-7,14-17H2,1-2H3;1H. The van der Waals surface area contributed by atoms with Crippen molar-refractivity contribution in [3.63, 3.8) is 0 Å². The van der Waals surface area contributed by atoms with Crippen LogP contribution >= 0.6 is 12.4 Å². The predicted molar refractivity (Wildman–Crippen MR) is 130 cm³/mol. The molecule has 0 bridgehead atoms. The number of nitrogens with one attached hydrogen (secondary N) is 2. The van der Waals surface area contributed by atoms with E-state index in [-0.39, 0.29) is 17.3 Å². The Bertz CT molecular complexity index is 914. The van der Waals surface area contributed by atoms with Gasteiger partial charge in [-0.1, -0.05) is 38.3 Å². The van der Waals surface area contributed by atoms with E-state index >= 15 is 0 Å². The predicted octanol–water partition coefficient (Wildman–Crippen LogP) is 4.45. The number of rotatable bonds is 10. The highest BCUT2D eigenvalue weighted by molar-refractivity contribution is 7.92. The summed E-state index contributed by atoms with van der Waals surface area (Å²) in [6, 6.07) is 12.7. The Morgan fingerprint density at radius 1 is 1.03 bits per heavy atom. The summed E-state index contributed by atoms with van der Waals surface area (Å²) in [6.45, 7) is 5.56. The highest BCUT2D eigenvalue weighted by Crippen LogP contribution is 2.32. The lowest BCUT2D eigenvalue weighted by atomic mass is 10.1. The third-order valence-corrected chi connectivity index (χ3v) is 6.82. The SMILES string of the molecule is CCCCCCc1ccc(NS(=O)(=O)c2ccc(OC)c(N3CCNCC3)c2)cc1.Cl. The molecular weight excluding hydrogens is 434 g/mol. The molecule has 31 heavy (non-hydrogen) atoms. The van der Waals surface area contributed by atoms with Gasteiger partial charge in [0.25, 0.3) is 10.0 Å². The molecule has 172 valence electrons. The summed E-state index contributed by atoms with van der Waals surface area (Å²) in [5.74, 6) is 0.684. The molecule has 0 amide bonds. The monoisotopic (exact) mass is 467 g/mol. The Kier molecular flexibility index (Phi) is 9.93. The first-order chi connectivity index (χ1) is 14.5. The van der Waals surface area contributed by atoms with E-state index in [1.54, 1.807) is 25.3 Å². The normalized spacial score (nSPS) is 14.1. The minimum Gasteiger partial charge on any atom is -0.495 e. The number of hydrogen-bond donors (Lipinski definition) is 2. The minimum absolute atomic E-state index is 0. The molecular formula is C23H34ClN3O3S. The van der Waals surface area contributed by atoms with Crippen molar-refractivity contribution < 1.29 is 13.2 Å². The second-order valence-corrected chi connectivity index (χ2v) is 9.37. The maximum atomic E-state index is 13.0. The van der Waals surface area contributed by atoms with Crippen molar-refractivity contribution >= 4 is 33.8 Å². The summed E-state index contributed by atoms with van der Waals surface area (Å²) >= 11 is 0. The molecule has 0 atom stereocenters. The molecule has 2 N–H and O–H groups in total. The maximum Gasteiger partial charge on any atom is 0.261 e. The van der Waals surface area contributed by atoms with Crippen LogP contribution in [0.2, 0.25) is 0 Å². The molecule has 0 saturated carbocycles. The van der Waals surface area contributed by atoms with Gasteiger partial charge in [-0.05, 0) is 48.7 Å². The first kappa shape index (κ1) is 25.3. The molecule has 0 radical (unpaired) electrons. The van der Waals surface area contributed by atoms with Crippen LogP contribution in [0, 0.1) is 0 Å². The molecule has 0 unspecified atom stereocenters. The molecule has 0 aromatic heterocycles. The molecule has 1 aliphatic rings. The number of halogens is 1. The van der Waals surface area contributed by atoms with Crippen molar-refractivity contribution in [1.29, 1.82) is 0 Å². The van der Waals surface area contributed by atoms with Gasteiger partial charge in [0.2, 0.25) is 0 Å². The van der Waals surface area contributed by atoms with Crippen molar-refractivity contribution in [2.45, 2.75) is 43.9 Å². The number of aryl methyl sites for hydroxylation is 1. The number of nitrogens with zero attached hydrogens (tertiary/aromatic N) is 1. The van der Waals surface area contributed by atoms with Crippen LogP contribution < -0.4 is 19.7 Å². The van der Waals surface area contributed by atoms with E-state index in [9.17, 15) is 8.42 Å². The Morgan fingerprint density at radius 2 is 1.74 bits per heavy atom. The van der Waals surface area contributed by atoms with Gasteiger partial charge in [0.15, 0.2) is 0 Å². The van der Waals surface area contributed by atoms with Gasteiger partial charge in [0.1, 0.15) is 5.75 Å². The number of benzene rings is 2. The molecule has 2 aromatic rings. The number of anilines is 2. The van der Waals surface area contributed by atoms with Gasteiger partial charge in [-0.15, -0.1) is 12.4 Å². The van der Waals surface area contributed by atoms with Crippen molar-refractivity contribution in [3.8, 4) is 5.75 Å². The van der Waals surface area contributed by atoms with Crippen LogP contribution in [0.3, 0.4) is 0 Å². The van der Waals surface area contributed by atoms with Gasteiger partial charge in [0.05, 0.1) is 17.7 Å². The van der Waals surface area contributed by atoms with E-state index in [0.717, 1.165) is 38.3 Å². The molecule has 1 saturated heterocycles. The van der Waals surface area contributed by atoms with Gasteiger partial charge >= 0.3 is 0 Å². The summed E-state index contributed by atoms with van der Waals surface area (Å²) in [7, 11) is -2.08. The molecule has 1 fully saturated rings. The molecule has 0 aliphatic carbocycles. The maximum absolute atomic E-state index is 13.0. The van der Waals surface area contributed by atoms with Gasteiger partial charge in [-0.25, -0.2) is 8.42 Å². The molecule has 6 nitrogen and oxygen atoms in total. The number of methoxy groups -OCH3 is 1. The van der Waals surface area contributed by atoms with Crippen LogP contribution in [0.25, 0.3) is 0 Å². The summed E-state index contributed by atoms with van der Waals surface area (Å²) in [4.78, 5) is 2.39. The summed E-state index contributed by atoms with van der Waals surface area (Å²) in [5.41, 5.74) is 2.62. The van der Waals surface area contributed by atoms with E-state index in [2.05, 4.69) is 21.9 Å². The van der Waals surface area contributed by atoms with Crippen molar-refractivity contribution in [1.82, 2.24) is 5.32 Å². The number of piperazine rings is 1. The number of ether oxygens (including phenoxy) is 1. The van der Waals surface area contributed by atoms with Crippen molar-refractivity contribution in [2.24, 2.45) is 0 Å². The van der Waals surface area contributed by atoms with Gasteiger partial charge in [-0.3, -0.25) is 4.72 Å². The summed E-state index contributed by atoms with van der Waals surface area (Å²) in [6.07, 6.45) is 5.91. The van der Waals surface area contributed by atoms with Crippen molar-refractivity contribution in [3.05, 3.63) is 48.0 Å². The smallest absolute Gasteiger partial charge is 0.261 e. The average Bonchev–Trinajstić information content (AvgIpc) is 2.78. The van der Waals surface area contributed by atoms with E-state index in [4.69, 9.17) is 4.74 Å². The lowest BCUT2D eigenvalue weighted by molar-refractivity contribution is 0.412. The molecule has 0 spiro atoms. The van der Waals surface area contributed by atoms with Gasteiger partial charge < -0.3 is 15.0 Å². The number of hydrogen-bond acceptors (Lipinski definition) is 5. The Balaban J connectivity index is 0.00000341. The largest absolute Gasteiger partial charge is 0.495 e. The fourth-order valence-corrected chi connectivity index (χ4v) is 4.78. The van der Waals surface area contributed by atoms with E-state index < -0.39 is 10.0 Å². The minimum atomic E-state index is -3.68. The highest BCUT2D eigenvalue weighted by Gasteiger charge is 2.20. The van der Waals surface area contributed by atoms with E-state index in [1.807, 2.05) is 24.3 Å². The zero-order chi connectivity index (χ0) is 21.4. The third kappa shape index (κ3) is 7.02. The van der Waals surface area contributed by atoms with E-state index in [1.165, 1.54) is 31.2 Å². The van der Waals surface area contributed by atoms with Crippen LogP contribution in [0.15, 0.2) is 47.4 Å². The first-order valence-corrected chi connectivity index (χ1v) is 12.3. The molecule has 1 heterocycles. The Hall–Kier alpha value is -1.96. The summed E-state index contributed by atoms with van der Waals surface area (Å²) < 4.78 is 34.1. The number of sulfonamides is 1. The third-order valence-electron chi connectivity index (χ3n) is 5.44. The zero-order valence-corrected chi connectivity index (χ0v) is 20.0. The summed E-state index contributed by atoms with van der Waals surface area (Å²) in [5, 5.41) is 3.31. The highest BCUT2D eigenvalue weighted by atomic mass is 35.5. The Labute approximate surface area is 192 Å². The molecule has 1 aliphatic heterocycles. The van der Waals surface area contributed by atoms with E-state index in [0.29, 0.717) is 11.4 Å². The zero-order valence-electron chi connectivity index (χ0n) is 18.4. The van der Waals surface area contributed by atoms with Crippen LogP contribution in [0.5, 0.6) is 5.75 Å². The lowest BCUT2D eigenvalue weighted by Gasteiger charge is -2.30. The quantitative estimate of drug-likeness (QED) is 0.505. The van der Waals surface area contributed by atoms with Crippen LogP contribution in [0.4, 0.5) is 11.4 Å². The van der Waals surface area contributed by atoms with Crippen LogP contribution in [-0.4, -0.2) is 41.7 Å². The second kappa shape index (κ2) is 12.2. The van der Waals surface area contributed by atoms with Crippen LogP contribution in [0.1, 0.15) is 38.2 Å². The lowest BCUT2D eigenvalue weighted by Crippen LogP contribution is -2.43.